The monoisotopic (exact) mass is 376 g/mol. The first-order valence-electron chi connectivity index (χ1n) is 9.55. The van der Waals surface area contributed by atoms with E-state index in [0.29, 0.717) is 5.69 Å². The number of nitrogens with zero attached hydrogens (tertiary/aromatic N) is 2. The largest absolute Gasteiger partial charge is 0.320 e. The Morgan fingerprint density at radius 2 is 1.79 bits per heavy atom. The van der Waals surface area contributed by atoms with Gasteiger partial charge in [-0.2, -0.15) is 0 Å². The molecule has 2 bridgehead atoms. The summed E-state index contributed by atoms with van der Waals surface area (Å²) in [5.41, 5.74) is 1.46. The standard InChI is InChI=1S/C21H20N4O3/c26-19-17-12-3-4-13(6-5-12)18(17)20(27)25(19)11-23-21(28)24-15-7-8-16-14(10-15)2-1-9-22-16/h1-4,7-10,12-13,17-18H,5-6,11H2,(H2,23,24,28)/t12-,13-,17+,18+/m0/s1. The molecule has 28 heavy (non-hydrogen) atoms. The molecule has 3 aliphatic carbocycles. The molecule has 1 saturated heterocycles. The molecule has 1 aromatic heterocycles. The van der Waals surface area contributed by atoms with Crippen LogP contribution in [0.4, 0.5) is 10.5 Å². The Labute approximate surface area is 161 Å². The second-order valence-corrected chi connectivity index (χ2v) is 7.65. The highest BCUT2D eigenvalue weighted by atomic mass is 16.2. The predicted molar refractivity (Wildman–Crippen MR) is 103 cm³/mol. The first-order valence-corrected chi connectivity index (χ1v) is 9.55. The summed E-state index contributed by atoms with van der Waals surface area (Å²) in [5, 5.41) is 6.29. The number of pyridine rings is 1. The number of fused-ring (bicyclic) bond motifs is 2. The lowest BCUT2D eigenvalue weighted by molar-refractivity contribution is -0.140. The highest BCUT2D eigenvalue weighted by Crippen LogP contribution is 2.49. The molecule has 0 unspecified atom stereocenters. The van der Waals surface area contributed by atoms with Crippen molar-refractivity contribution in [3.05, 3.63) is 48.7 Å². The van der Waals surface area contributed by atoms with Crippen LogP contribution in [0.25, 0.3) is 10.9 Å². The van der Waals surface area contributed by atoms with Crippen molar-refractivity contribution in [1.82, 2.24) is 15.2 Å². The minimum Gasteiger partial charge on any atom is -0.320 e. The normalized spacial score (nSPS) is 27.9. The molecule has 2 aromatic rings. The van der Waals surface area contributed by atoms with E-state index in [1.165, 1.54) is 4.90 Å². The fourth-order valence-corrected chi connectivity index (χ4v) is 4.77. The van der Waals surface area contributed by atoms with Crippen molar-refractivity contribution in [3.8, 4) is 0 Å². The van der Waals surface area contributed by atoms with Gasteiger partial charge < -0.3 is 10.6 Å². The highest BCUT2D eigenvalue weighted by Gasteiger charge is 2.56. The number of hydrogen-bond acceptors (Lipinski definition) is 4. The van der Waals surface area contributed by atoms with Crippen LogP contribution in [0.5, 0.6) is 0 Å². The van der Waals surface area contributed by atoms with Crippen molar-refractivity contribution < 1.29 is 14.4 Å². The Hall–Kier alpha value is -3.22. The van der Waals surface area contributed by atoms with E-state index >= 15 is 0 Å². The molecule has 1 saturated carbocycles. The molecule has 1 aliphatic heterocycles. The molecular formula is C21H20N4O3. The van der Waals surface area contributed by atoms with E-state index in [0.717, 1.165) is 23.7 Å². The number of carbonyl (C=O) groups is 3. The minimum absolute atomic E-state index is 0.106. The van der Waals surface area contributed by atoms with Gasteiger partial charge in [-0.3, -0.25) is 19.5 Å². The summed E-state index contributed by atoms with van der Waals surface area (Å²) >= 11 is 0. The molecule has 142 valence electrons. The van der Waals surface area contributed by atoms with Crippen LogP contribution >= 0.6 is 0 Å². The smallest absolute Gasteiger partial charge is 0.320 e. The maximum Gasteiger partial charge on any atom is 0.320 e. The fourth-order valence-electron chi connectivity index (χ4n) is 4.77. The van der Waals surface area contributed by atoms with E-state index < -0.39 is 6.03 Å². The second kappa shape index (κ2) is 6.44. The molecule has 4 aliphatic rings. The summed E-state index contributed by atoms with van der Waals surface area (Å²) in [6, 6.07) is 8.70. The zero-order valence-electron chi connectivity index (χ0n) is 15.2. The number of likely N-dealkylation sites (tertiary alicyclic amines) is 1. The Kier molecular flexibility index (Phi) is 3.89. The van der Waals surface area contributed by atoms with Crippen molar-refractivity contribution in [1.29, 1.82) is 0 Å². The molecule has 2 heterocycles. The van der Waals surface area contributed by atoms with Gasteiger partial charge in [-0.05, 0) is 48.9 Å². The summed E-state index contributed by atoms with van der Waals surface area (Å²) in [7, 11) is 0. The lowest BCUT2D eigenvalue weighted by Gasteiger charge is -2.38. The maximum atomic E-state index is 12.7. The molecule has 4 amide bonds. The molecule has 2 fully saturated rings. The molecule has 7 heteroatoms. The van der Waals surface area contributed by atoms with Gasteiger partial charge in [0.2, 0.25) is 11.8 Å². The topological polar surface area (TPSA) is 91.4 Å². The van der Waals surface area contributed by atoms with Gasteiger partial charge in [-0.25, -0.2) is 4.79 Å². The molecule has 4 atom stereocenters. The van der Waals surface area contributed by atoms with E-state index in [1.54, 1.807) is 12.3 Å². The molecule has 1 aromatic carbocycles. The van der Waals surface area contributed by atoms with Crippen molar-refractivity contribution in [2.75, 3.05) is 12.0 Å². The number of imide groups is 1. The Morgan fingerprint density at radius 1 is 1.07 bits per heavy atom. The first-order chi connectivity index (χ1) is 13.6. The van der Waals surface area contributed by atoms with Gasteiger partial charge in [0.15, 0.2) is 0 Å². The summed E-state index contributed by atoms with van der Waals surface area (Å²) in [4.78, 5) is 43.2. The fraction of sp³-hybridized carbons (Fsp3) is 0.333. The number of anilines is 1. The van der Waals surface area contributed by atoms with E-state index in [-0.39, 0.29) is 42.2 Å². The number of benzene rings is 1. The van der Waals surface area contributed by atoms with Gasteiger partial charge in [0, 0.05) is 17.3 Å². The Balaban J connectivity index is 1.24. The summed E-state index contributed by atoms with van der Waals surface area (Å²) in [6.07, 6.45) is 7.79. The van der Waals surface area contributed by atoms with Gasteiger partial charge in [-0.15, -0.1) is 0 Å². The van der Waals surface area contributed by atoms with Gasteiger partial charge >= 0.3 is 6.03 Å². The van der Waals surface area contributed by atoms with Crippen LogP contribution in [0.3, 0.4) is 0 Å². The summed E-state index contributed by atoms with van der Waals surface area (Å²) in [6.45, 7) is -0.106. The zero-order valence-corrected chi connectivity index (χ0v) is 15.2. The number of amides is 4. The van der Waals surface area contributed by atoms with E-state index in [9.17, 15) is 14.4 Å². The summed E-state index contributed by atoms with van der Waals surface area (Å²) < 4.78 is 0. The van der Waals surface area contributed by atoms with Crippen molar-refractivity contribution in [2.45, 2.75) is 12.8 Å². The summed E-state index contributed by atoms with van der Waals surface area (Å²) in [5.74, 6) is -0.534. The molecule has 6 rings (SSSR count). The number of rotatable bonds is 3. The van der Waals surface area contributed by atoms with Gasteiger partial charge in [0.25, 0.3) is 0 Å². The Bertz CT molecular complexity index is 986. The number of urea groups is 1. The van der Waals surface area contributed by atoms with Crippen molar-refractivity contribution in [2.24, 2.45) is 23.7 Å². The van der Waals surface area contributed by atoms with Gasteiger partial charge in [0.1, 0.15) is 6.67 Å². The third kappa shape index (κ3) is 2.66. The van der Waals surface area contributed by atoms with Crippen LogP contribution in [-0.4, -0.2) is 34.4 Å². The number of aromatic nitrogens is 1. The average Bonchev–Trinajstić information content (AvgIpc) is 2.99. The average molecular weight is 376 g/mol. The quantitative estimate of drug-likeness (QED) is 0.636. The van der Waals surface area contributed by atoms with Crippen LogP contribution in [0.1, 0.15) is 12.8 Å². The number of nitrogens with one attached hydrogen (secondary N) is 2. The van der Waals surface area contributed by atoms with Crippen LogP contribution in [0.15, 0.2) is 48.7 Å². The van der Waals surface area contributed by atoms with Crippen LogP contribution < -0.4 is 10.6 Å². The number of hydrogen-bond donors (Lipinski definition) is 2. The molecular weight excluding hydrogens is 356 g/mol. The van der Waals surface area contributed by atoms with Crippen LogP contribution in [-0.2, 0) is 9.59 Å². The van der Waals surface area contributed by atoms with Crippen LogP contribution in [0, 0.1) is 23.7 Å². The number of carbonyl (C=O) groups excluding carboxylic acids is 3. The highest BCUT2D eigenvalue weighted by molar-refractivity contribution is 6.06. The molecule has 7 nitrogen and oxygen atoms in total. The predicted octanol–water partition coefficient (Wildman–Crippen LogP) is 2.51. The second-order valence-electron chi connectivity index (χ2n) is 7.65. The van der Waals surface area contributed by atoms with E-state index in [2.05, 4.69) is 27.8 Å². The van der Waals surface area contributed by atoms with Crippen LogP contribution in [0.2, 0.25) is 0 Å². The van der Waals surface area contributed by atoms with Gasteiger partial charge in [-0.1, -0.05) is 18.2 Å². The minimum atomic E-state index is -0.459. The lowest BCUT2D eigenvalue weighted by Crippen LogP contribution is -2.43. The number of allylic oxidation sites excluding steroid dienone is 2. The van der Waals surface area contributed by atoms with E-state index in [4.69, 9.17) is 0 Å². The lowest BCUT2D eigenvalue weighted by atomic mass is 9.63. The third-order valence-electron chi connectivity index (χ3n) is 6.11. The molecule has 0 radical (unpaired) electrons. The van der Waals surface area contributed by atoms with Gasteiger partial charge in [0.05, 0.1) is 17.4 Å². The Morgan fingerprint density at radius 3 is 2.46 bits per heavy atom. The van der Waals surface area contributed by atoms with Crippen molar-refractivity contribution in [3.63, 3.8) is 0 Å². The SMILES string of the molecule is O=C(NCN1C(=O)[C@H]2[C@H](C1=O)[C@H]1C=C[C@H]2CC1)Nc1ccc2ncccc2c1. The van der Waals surface area contributed by atoms with Crippen molar-refractivity contribution >= 4 is 34.4 Å². The maximum absolute atomic E-state index is 12.7. The zero-order chi connectivity index (χ0) is 19.3. The molecule has 0 spiro atoms. The third-order valence-corrected chi connectivity index (χ3v) is 6.11. The van der Waals surface area contributed by atoms with E-state index in [1.807, 2.05) is 24.3 Å². The first kappa shape index (κ1) is 16.9. The molecule has 2 N–H and O–H groups in total.